The molecule has 0 saturated heterocycles. The predicted octanol–water partition coefficient (Wildman–Crippen LogP) is 6.88. The Balaban J connectivity index is 1.46. The van der Waals surface area contributed by atoms with Crippen LogP contribution in [0.2, 0.25) is 0 Å². The van der Waals surface area contributed by atoms with E-state index in [0.29, 0.717) is 22.9 Å². The topological polar surface area (TPSA) is 59.9 Å². The third-order valence-electron chi connectivity index (χ3n) is 4.90. The first kappa shape index (κ1) is 20.3. The summed E-state index contributed by atoms with van der Waals surface area (Å²) < 4.78 is 20.3. The van der Waals surface area contributed by atoms with Gasteiger partial charge < -0.3 is 10.1 Å². The van der Waals surface area contributed by atoms with Crippen molar-refractivity contribution in [1.29, 1.82) is 0 Å². The van der Waals surface area contributed by atoms with Crippen LogP contribution in [0.3, 0.4) is 0 Å². The van der Waals surface area contributed by atoms with Crippen molar-refractivity contribution in [1.82, 2.24) is 15.0 Å². The minimum Gasteiger partial charge on any atom is -0.457 e. The maximum atomic E-state index is 14.5. The molecule has 0 aliphatic carbocycles. The predicted molar refractivity (Wildman–Crippen MR) is 127 cm³/mol. The van der Waals surface area contributed by atoms with Crippen LogP contribution in [0.1, 0.15) is 0 Å². The molecular formula is C27H19FN4O. The Kier molecular flexibility index (Phi) is 5.72. The second kappa shape index (κ2) is 9.28. The van der Waals surface area contributed by atoms with Gasteiger partial charge in [0.25, 0.3) is 0 Å². The zero-order valence-electron chi connectivity index (χ0n) is 17.5. The zero-order chi connectivity index (χ0) is 22.5. The number of rotatable bonds is 6. The highest BCUT2D eigenvalue weighted by molar-refractivity contribution is 5.70. The molecule has 2 aromatic heterocycles. The lowest BCUT2D eigenvalue weighted by molar-refractivity contribution is 0.483. The third-order valence-corrected chi connectivity index (χ3v) is 4.90. The number of ether oxygens (including phenoxy) is 1. The minimum absolute atomic E-state index is 0.346. The Hall–Kier alpha value is -4.58. The van der Waals surface area contributed by atoms with Crippen molar-refractivity contribution in [3.8, 4) is 34.1 Å². The first-order chi connectivity index (χ1) is 16.2. The van der Waals surface area contributed by atoms with Gasteiger partial charge in [-0.1, -0.05) is 30.3 Å². The molecule has 5 aromatic rings. The van der Waals surface area contributed by atoms with Crippen LogP contribution in [0, 0.1) is 5.82 Å². The lowest BCUT2D eigenvalue weighted by Crippen LogP contribution is -2.00. The van der Waals surface area contributed by atoms with Crippen LogP contribution >= 0.6 is 0 Å². The van der Waals surface area contributed by atoms with Crippen molar-refractivity contribution in [2.75, 3.05) is 5.32 Å². The van der Waals surface area contributed by atoms with Gasteiger partial charge >= 0.3 is 0 Å². The van der Waals surface area contributed by atoms with Crippen molar-refractivity contribution in [3.05, 3.63) is 115 Å². The molecule has 0 aliphatic rings. The van der Waals surface area contributed by atoms with Gasteiger partial charge in [-0.05, 0) is 60.7 Å². The number of nitrogens with zero attached hydrogens (tertiary/aromatic N) is 3. The third kappa shape index (κ3) is 4.85. The van der Waals surface area contributed by atoms with E-state index >= 15 is 0 Å². The van der Waals surface area contributed by atoms with Gasteiger partial charge in [-0.2, -0.15) is 0 Å². The molecule has 0 fully saturated rings. The molecule has 5 nitrogen and oxygen atoms in total. The highest BCUT2D eigenvalue weighted by Crippen LogP contribution is 2.28. The molecule has 160 valence electrons. The molecule has 3 aromatic carbocycles. The second-order valence-electron chi connectivity index (χ2n) is 7.25. The van der Waals surface area contributed by atoms with Crippen molar-refractivity contribution in [3.63, 3.8) is 0 Å². The first-order valence-corrected chi connectivity index (χ1v) is 10.4. The van der Waals surface area contributed by atoms with E-state index in [-0.39, 0.29) is 5.82 Å². The fraction of sp³-hybridized carbons (Fsp3) is 0. The number of nitrogens with one attached hydrogen (secondary N) is 1. The summed E-state index contributed by atoms with van der Waals surface area (Å²) in [5, 5.41) is 3.29. The number of pyridine rings is 1. The summed E-state index contributed by atoms with van der Waals surface area (Å²) in [5.74, 6) is 2.14. The molecule has 0 unspecified atom stereocenters. The fourth-order valence-corrected chi connectivity index (χ4v) is 3.32. The molecule has 0 radical (unpaired) electrons. The smallest absolute Gasteiger partial charge is 0.163 e. The first-order valence-electron chi connectivity index (χ1n) is 10.4. The molecule has 0 aliphatic heterocycles. The van der Waals surface area contributed by atoms with E-state index in [1.54, 1.807) is 36.7 Å². The summed E-state index contributed by atoms with van der Waals surface area (Å²) in [5.41, 5.74) is 2.43. The molecule has 5 rings (SSSR count). The van der Waals surface area contributed by atoms with Gasteiger partial charge in [0.1, 0.15) is 23.1 Å². The zero-order valence-corrected chi connectivity index (χ0v) is 17.5. The summed E-state index contributed by atoms with van der Waals surface area (Å²) in [6, 6.07) is 29.1. The molecule has 0 spiro atoms. The van der Waals surface area contributed by atoms with Gasteiger partial charge in [0.2, 0.25) is 0 Å². The molecule has 0 bridgehead atoms. The van der Waals surface area contributed by atoms with Crippen LogP contribution in [0.4, 0.5) is 15.9 Å². The molecule has 33 heavy (non-hydrogen) atoms. The number of hydrogen-bond donors (Lipinski definition) is 1. The van der Waals surface area contributed by atoms with E-state index in [9.17, 15) is 4.39 Å². The van der Waals surface area contributed by atoms with E-state index in [4.69, 9.17) is 4.74 Å². The van der Waals surface area contributed by atoms with Gasteiger partial charge in [0.15, 0.2) is 5.82 Å². The van der Waals surface area contributed by atoms with Gasteiger partial charge in [-0.25, -0.2) is 14.4 Å². The van der Waals surface area contributed by atoms with Crippen molar-refractivity contribution < 1.29 is 9.13 Å². The Morgan fingerprint density at radius 1 is 0.727 bits per heavy atom. The van der Waals surface area contributed by atoms with Crippen LogP contribution in [0.25, 0.3) is 22.6 Å². The van der Waals surface area contributed by atoms with Crippen molar-refractivity contribution in [2.45, 2.75) is 0 Å². The average Bonchev–Trinajstić information content (AvgIpc) is 2.86. The highest BCUT2D eigenvalue weighted by atomic mass is 19.1. The summed E-state index contributed by atoms with van der Waals surface area (Å²) in [6.07, 6.45) is 3.36. The number of halogens is 1. The van der Waals surface area contributed by atoms with E-state index in [2.05, 4.69) is 20.3 Å². The molecule has 0 saturated carbocycles. The number of benzene rings is 3. The van der Waals surface area contributed by atoms with Gasteiger partial charge in [-0.15, -0.1) is 0 Å². The number of aromatic nitrogens is 3. The summed E-state index contributed by atoms with van der Waals surface area (Å²) in [6.45, 7) is 0. The van der Waals surface area contributed by atoms with Crippen LogP contribution in [0.15, 0.2) is 109 Å². The monoisotopic (exact) mass is 434 g/mol. The minimum atomic E-state index is -0.346. The molecule has 0 amide bonds. The molecule has 2 heterocycles. The SMILES string of the molecule is Fc1ccccc1-c1cc(Nc2ccc(Oc3ccccc3)cc2)nc(-c2cccnc2)n1. The Labute approximate surface area is 190 Å². The van der Waals surface area contributed by atoms with Crippen molar-refractivity contribution in [2.24, 2.45) is 0 Å². The summed E-state index contributed by atoms with van der Waals surface area (Å²) in [7, 11) is 0. The largest absolute Gasteiger partial charge is 0.457 e. The molecule has 0 atom stereocenters. The molecular weight excluding hydrogens is 415 g/mol. The standard InChI is InChI=1S/C27H19FN4O/c28-24-11-5-4-10-23(24)25-17-26(32-27(31-25)19-7-6-16-29-18-19)30-20-12-14-22(15-13-20)33-21-8-2-1-3-9-21/h1-18H,(H,30,31,32). The second-order valence-corrected chi connectivity index (χ2v) is 7.25. The maximum Gasteiger partial charge on any atom is 0.163 e. The average molecular weight is 434 g/mol. The van der Waals surface area contributed by atoms with Gasteiger partial charge in [-0.3, -0.25) is 4.98 Å². The number of anilines is 2. The van der Waals surface area contributed by atoms with Gasteiger partial charge in [0, 0.05) is 35.3 Å². The van der Waals surface area contributed by atoms with Crippen LogP contribution in [0.5, 0.6) is 11.5 Å². The molecule has 6 heteroatoms. The van der Waals surface area contributed by atoms with Crippen LogP contribution in [-0.4, -0.2) is 15.0 Å². The Morgan fingerprint density at radius 3 is 2.24 bits per heavy atom. The quantitative estimate of drug-likeness (QED) is 0.316. The Morgan fingerprint density at radius 2 is 1.48 bits per heavy atom. The summed E-state index contributed by atoms with van der Waals surface area (Å²) in [4.78, 5) is 13.4. The van der Waals surface area contributed by atoms with E-state index in [0.717, 1.165) is 22.7 Å². The maximum absolute atomic E-state index is 14.5. The number of para-hydroxylation sites is 1. The van der Waals surface area contributed by atoms with E-state index in [1.165, 1.54) is 6.07 Å². The van der Waals surface area contributed by atoms with Gasteiger partial charge in [0.05, 0.1) is 5.69 Å². The van der Waals surface area contributed by atoms with E-state index in [1.807, 2.05) is 66.7 Å². The number of hydrogen-bond acceptors (Lipinski definition) is 5. The fourth-order valence-electron chi connectivity index (χ4n) is 3.32. The summed E-state index contributed by atoms with van der Waals surface area (Å²) >= 11 is 0. The van der Waals surface area contributed by atoms with E-state index < -0.39 is 0 Å². The van der Waals surface area contributed by atoms with Crippen LogP contribution in [-0.2, 0) is 0 Å². The molecule has 1 N–H and O–H groups in total. The Bertz CT molecular complexity index is 1360. The highest BCUT2D eigenvalue weighted by Gasteiger charge is 2.12. The lowest BCUT2D eigenvalue weighted by Gasteiger charge is -2.12. The lowest BCUT2D eigenvalue weighted by atomic mass is 10.1. The van der Waals surface area contributed by atoms with Crippen molar-refractivity contribution >= 4 is 11.5 Å². The normalized spacial score (nSPS) is 10.6. The van der Waals surface area contributed by atoms with Crippen LogP contribution < -0.4 is 10.1 Å².